The van der Waals surface area contributed by atoms with Crippen molar-refractivity contribution in [3.8, 4) is 0 Å². The van der Waals surface area contributed by atoms with Gasteiger partial charge in [0.15, 0.2) is 0 Å². The number of pyridine rings is 1. The molecule has 0 spiro atoms. The molecule has 1 aromatic heterocycles. The third kappa shape index (κ3) is 4.15. The van der Waals surface area contributed by atoms with E-state index in [0.29, 0.717) is 5.56 Å². The van der Waals surface area contributed by atoms with E-state index < -0.39 is 18.0 Å². The summed E-state index contributed by atoms with van der Waals surface area (Å²) < 4.78 is 52.4. The summed E-state index contributed by atoms with van der Waals surface area (Å²) in [6.45, 7) is -0.0208. The fourth-order valence-corrected chi connectivity index (χ4v) is 2.03. The average molecular weight is 319 g/mol. The van der Waals surface area contributed by atoms with E-state index in [-0.39, 0.29) is 17.1 Å². The van der Waals surface area contributed by atoms with Crippen LogP contribution in [-0.2, 0) is 6.54 Å². The van der Waals surface area contributed by atoms with Gasteiger partial charge in [0.2, 0.25) is 0 Å². The maximum Gasteiger partial charge on any atom is 0.407 e. The predicted molar refractivity (Wildman–Crippen MR) is 71.3 cm³/mol. The van der Waals surface area contributed by atoms with E-state index in [4.69, 9.17) is 11.6 Å². The zero-order valence-corrected chi connectivity index (χ0v) is 11.4. The van der Waals surface area contributed by atoms with Gasteiger partial charge in [0, 0.05) is 18.9 Å². The SMILES string of the molecule is Fc1ccc([C@H](NCc2cccnc2)C(F)(F)F)cc1Cl. The van der Waals surface area contributed by atoms with Gasteiger partial charge in [0.25, 0.3) is 0 Å². The van der Waals surface area contributed by atoms with Crippen LogP contribution < -0.4 is 5.32 Å². The largest absolute Gasteiger partial charge is 0.407 e. The van der Waals surface area contributed by atoms with Gasteiger partial charge in [-0.2, -0.15) is 13.2 Å². The van der Waals surface area contributed by atoms with Gasteiger partial charge in [0.05, 0.1) is 5.02 Å². The summed E-state index contributed by atoms with van der Waals surface area (Å²) in [5.74, 6) is -0.756. The minimum Gasteiger partial charge on any atom is -0.298 e. The Hall–Kier alpha value is -1.66. The first-order chi connectivity index (χ1) is 9.88. The maximum atomic E-state index is 13.1. The van der Waals surface area contributed by atoms with Crippen molar-refractivity contribution in [3.05, 3.63) is 64.7 Å². The highest BCUT2D eigenvalue weighted by Crippen LogP contribution is 2.34. The van der Waals surface area contributed by atoms with Crippen LogP contribution in [0.3, 0.4) is 0 Å². The van der Waals surface area contributed by atoms with Gasteiger partial charge in [-0.25, -0.2) is 4.39 Å². The number of nitrogens with zero attached hydrogens (tertiary/aromatic N) is 1. The van der Waals surface area contributed by atoms with E-state index in [2.05, 4.69) is 10.3 Å². The van der Waals surface area contributed by atoms with Crippen LogP contribution in [0.25, 0.3) is 0 Å². The topological polar surface area (TPSA) is 24.9 Å². The molecule has 0 radical (unpaired) electrons. The molecule has 7 heteroatoms. The molecule has 0 saturated carbocycles. The molecule has 0 unspecified atom stereocenters. The van der Waals surface area contributed by atoms with E-state index in [0.717, 1.165) is 18.2 Å². The summed E-state index contributed by atoms with van der Waals surface area (Å²) in [7, 11) is 0. The highest BCUT2D eigenvalue weighted by atomic mass is 35.5. The molecule has 1 heterocycles. The first-order valence-corrected chi connectivity index (χ1v) is 6.39. The lowest BCUT2D eigenvalue weighted by Gasteiger charge is -2.22. The third-order valence-corrected chi connectivity index (χ3v) is 3.13. The minimum atomic E-state index is -4.52. The van der Waals surface area contributed by atoms with Gasteiger partial charge >= 0.3 is 6.18 Å². The Bertz CT molecular complexity index is 602. The maximum absolute atomic E-state index is 13.1. The minimum absolute atomic E-state index is 0.0208. The molecule has 0 fully saturated rings. The standard InChI is InChI=1S/C14H11ClF4N2/c15-11-6-10(3-4-12(11)16)13(14(17,18)19)21-8-9-2-1-5-20-7-9/h1-7,13,21H,8H2/t13-/m0/s1. The van der Waals surface area contributed by atoms with E-state index in [9.17, 15) is 17.6 Å². The molecule has 1 atom stereocenters. The van der Waals surface area contributed by atoms with Crippen LogP contribution in [-0.4, -0.2) is 11.2 Å². The lowest BCUT2D eigenvalue weighted by atomic mass is 10.1. The number of hydrogen-bond donors (Lipinski definition) is 1. The van der Waals surface area contributed by atoms with Crippen LogP contribution in [0.15, 0.2) is 42.7 Å². The molecule has 0 bridgehead atoms. The van der Waals surface area contributed by atoms with Crippen molar-refractivity contribution in [1.82, 2.24) is 10.3 Å². The molecule has 2 rings (SSSR count). The first-order valence-electron chi connectivity index (χ1n) is 6.02. The number of nitrogens with one attached hydrogen (secondary N) is 1. The Morgan fingerprint density at radius 1 is 1.24 bits per heavy atom. The molecular formula is C14H11ClF4N2. The molecule has 2 nitrogen and oxygen atoms in total. The van der Waals surface area contributed by atoms with Crippen LogP contribution in [0.1, 0.15) is 17.2 Å². The fourth-order valence-electron chi connectivity index (χ4n) is 1.84. The number of rotatable bonds is 4. The van der Waals surface area contributed by atoms with Gasteiger partial charge in [0.1, 0.15) is 11.9 Å². The third-order valence-electron chi connectivity index (χ3n) is 2.84. The van der Waals surface area contributed by atoms with E-state index in [1.54, 1.807) is 12.1 Å². The van der Waals surface area contributed by atoms with Crippen molar-refractivity contribution < 1.29 is 17.6 Å². The van der Waals surface area contributed by atoms with Crippen LogP contribution in [0.2, 0.25) is 5.02 Å². The summed E-state index contributed by atoms with van der Waals surface area (Å²) in [6, 6.07) is 4.32. The number of benzene rings is 1. The first kappa shape index (κ1) is 15.7. The van der Waals surface area contributed by atoms with Crippen molar-refractivity contribution in [3.63, 3.8) is 0 Å². The zero-order chi connectivity index (χ0) is 15.5. The molecule has 0 aliphatic carbocycles. The molecule has 0 aliphatic rings. The molecule has 0 amide bonds. The zero-order valence-electron chi connectivity index (χ0n) is 10.7. The molecule has 1 aromatic carbocycles. The molecule has 112 valence electrons. The lowest BCUT2D eigenvalue weighted by Crippen LogP contribution is -2.33. The highest BCUT2D eigenvalue weighted by molar-refractivity contribution is 6.30. The summed E-state index contributed by atoms with van der Waals surface area (Å²) >= 11 is 5.55. The smallest absolute Gasteiger partial charge is 0.298 e. The van der Waals surface area contributed by atoms with Gasteiger partial charge < -0.3 is 0 Å². The molecule has 21 heavy (non-hydrogen) atoms. The average Bonchev–Trinajstić information content (AvgIpc) is 2.42. The molecular weight excluding hydrogens is 308 g/mol. The number of aromatic nitrogens is 1. The Morgan fingerprint density at radius 3 is 2.57 bits per heavy atom. The van der Waals surface area contributed by atoms with E-state index in [1.165, 1.54) is 12.4 Å². The van der Waals surface area contributed by atoms with Crippen LogP contribution >= 0.6 is 11.6 Å². The molecule has 2 aromatic rings. The number of alkyl halides is 3. The van der Waals surface area contributed by atoms with Gasteiger partial charge in [-0.1, -0.05) is 23.7 Å². The van der Waals surface area contributed by atoms with Gasteiger partial charge in [-0.3, -0.25) is 10.3 Å². The second-order valence-electron chi connectivity index (χ2n) is 4.39. The Balaban J connectivity index is 2.21. The second-order valence-corrected chi connectivity index (χ2v) is 4.80. The molecule has 0 aliphatic heterocycles. The van der Waals surface area contributed by atoms with Crippen LogP contribution in [0.5, 0.6) is 0 Å². The Morgan fingerprint density at radius 2 is 2.00 bits per heavy atom. The Kier molecular flexibility index (Phi) is 4.80. The van der Waals surface area contributed by atoms with Crippen LogP contribution in [0, 0.1) is 5.82 Å². The van der Waals surface area contributed by atoms with E-state index >= 15 is 0 Å². The van der Waals surface area contributed by atoms with Crippen molar-refractivity contribution in [1.29, 1.82) is 0 Å². The Labute approximate surface area is 123 Å². The van der Waals surface area contributed by atoms with Crippen molar-refractivity contribution in [2.45, 2.75) is 18.8 Å². The quantitative estimate of drug-likeness (QED) is 0.852. The summed E-state index contributed by atoms with van der Waals surface area (Å²) in [5, 5.41) is 2.05. The molecule has 1 N–H and O–H groups in total. The van der Waals surface area contributed by atoms with Gasteiger partial charge in [-0.15, -0.1) is 0 Å². The lowest BCUT2D eigenvalue weighted by molar-refractivity contribution is -0.158. The monoisotopic (exact) mass is 318 g/mol. The normalized spacial score (nSPS) is 13.2. The molecule has 0 saturated heterocycles. The van der Waals surface area contributed by atoms with Crippen molar-refractivity contribution in [2.24, 2.45) is 0 Å². The number of halogens is 5. The fraction of sp³-hybridized carbons (Fsp3) is 0.214. The van der Waals surface area contributed by atoms with Crippen molar-refractivity contribution >= 4 is 11.6 Å². The summed E-state index contributed by atoms with van der Waals surface area (Å²) in [6.07, 6.45) is -1.52. The van der Waals surface area contributed by atoms with Crippen molar-refractivity contribution in [2.75, 3.05) is 0 Å². The predicted octanol–water partition coefficient (Wildman–Crippen LogP) is 4.27. The van der Waals surface area contributed by atoms with E-state index in [1.807, 2.05) is 0 Å². The number of hydrogen-bond acceptors (Lipinski definition) is 2. The highest BCUT2D eigenvalue weighted by Gasteiger charge is 2.40. The van der Waals surface area contributed by atoms with Crippen LogP contribution in [0.4, 0.5) is 17.6 Å². The summed E-state index contributed by atoms with van der Waals surface area (Å²) in [5.41, 5.74) is 0.470. The van der Waals surface area contributed by atoms with Gasteiger partial charge in [-0.05, 0) is 29.3 Å². The summed E-state index contributed by atoms with van der Waals surface area (Å²) in [4.78, 5) is 3.83. The second kappa shape index (κ2) is 6.41.